The van der Waals surface area contributed by atoms with Gasteiger partial charge in [-0.25, -0.2) is 5.48 Å². The molecule has 0 unspecified atom stereocenters. The molecule has 0 aliphatic carbocycles. The molecule has 4 N–H and O–H groups in total. The van der Waals surface area contributed by atoms with Gasteiger partial charge in [0.1, 0.15) is 11.5 Å². The Hall–Kier alpha value is -2.65. The maximum atomic E-state index is 12.4. The van der Waals surface area contributed by atoms with Crippen LogP contribution in [0.2, 0.25) is 0 Å². The first kappa shape index (κ1) is 24.6. The van der Waals surface area contributed by atoms with Crippen LogP contribution < -0.4 is 16.0 Å². The summed E-state index contributed by atoms with van der Waals surface area (Å²) in [6, 6.07) is 14.4. The molecule has 0 bridgehead atoms. The quantitative estimate of drug-likeness (QED) is 0.420. The molecule has 168 valence electrons. The maximum Gasteiger partial charge on any atom is 0.243 e. The van der Waals surface area contributed by atoms with Crippen LogP contribution in [0.1, 0.15) is 17.5 Å². The van der Waals surface area contributed by atoms with Gasteiger partial charge in [-0.15, -0.1) is 12.4 Å². The molecule has 1 aliphatic heterocycles. The minimum absolute atomic E-state index is 0. The second-order valence-corrected chi connectivity index (χ2v) is 7.17. The fraction of sp³-hybridized carbons (Fsp3) is 0.364. The van der Waals surface area contributed by atoms with Gasteiger partial charge in [0.2, 0.25) is 11.8 Å². The SMILES string of the molecule is Cl.N[C@@H](Cc1ccc(Oc2ccc(CCC(=O)NO)cc2)cc1)C(=O)N1CCOCC1. The van der Waals surface area contributed by atoms with Crippen LogP contribution >= 0.6 is 12.4 Å². The van der Waals surface area contributed by atoms with E-state index in [9.17, 15) is 9.59 Å². The number of halogens is 1. The molecule has 1 saturated heterocycles. The van der Waals surface area contributed by atoms with E-state index in [0.717, 1.165) is 11.1 Å². The van der Waals surface area contributed by atoms with E-state index in [1.54, 1.807) is 10.4 Å². The molecule has 1 fully saturated rings. The van der Waals surface area contributed by atoms with E-state index in [4.69, 9.17) is 20.4 Å². The molecule has 0 radical (unpaired) electrons. The highest BCUT2D eigenvalue weighted by atomic mass is 35.5. The minimum atomic E-state index is -0.574. The first-order chi connectivity index (χ1) is 14.5. The molecule has 1 heterocycles. The Labute approximate surface area is 187 Å². The van der Waals surface area contributed by atoms with Crippen LogP contribution in [0.4, 0.5) is 0 Å². The van der Waals surface area contributed by atoms with Crippen molar-refractivity contribution in [3.63, 3.8) is 0 Å². The average Bonchev–Trinajstić information content (AvgIpc) is 2.79. The molecule has 31 heavy (non-hydrogen) atoms. The smallest absolute Gasteiger partial charge is 0.243 e. The number of nitrogens with zero attached hydrogens (tertiary/aromatic N) is 1. The first-order valence-electron chi connectivity index (χ1n) is 9.96. The second-order valence-electron chi connectivity index (χ2n) is 7.17. The van der Waals surface area contributed by atoms with Gasteiger partial charge in [0.15, 0.2) is 0 Å². The van der Waals surface area contributed by atoms with Gasteiger partial charge >= 0.3 is 0 Å². The standard InChI is InChI=1S/C22H27N3O5.ClH/c23-20(22(27)25-11-13-29-14-12-25)15-17-3-8-19(9-4-17)30-18-6-1-16(2-7-18)5-10-21(26)24-28;/h1-4,6-9,20,28H,5,10-15,23H2,(H,24,26);1H/t20-;/m0./s1. The topological polar surface area (TPSA) is 114 Å². The summed E-state index contributed by atoms with van der Waals surface area (Å²) in [5.41, 5.74) is 9.67. The highest BCUT2D eigenvalue weighted by molar-refractivity contribution is 5.85. The Kier molecular flexibility index (Phi) is 9.74. The van der Waals surface area contributed by atoms with E-state index in [0.29, 0.717) is 50.6 Å². The van der Waals surface area contributed by atoms with Crippen molar-refractivity contribution in [1.82, 2.24) is 10.4 Å². The van der Waals surface area contributed by atoms with E-state index in [2.05, 4.69) is 0 Å². The second kappa shape index (κ2) is 12.3. The lowest BCUT2D eigenvalue weighted by Gasteiger charge is -2.29. The molecule has 1 atom stereocenters. The highest BCUT2D eigenvalue weighted by Crippen LogP contribution is 2.23. The van der Waals surface area contributed by atoms with E-state index in [-0.39, 0.29) is 24.7 Å². The van der Waals surface area contributed by atoms with Crippen molar-refractivity contribution < 1.29 is 24.3 Å². The summed E-state index contributed by atoms with van der Waals surface area (Å²) in [5, 5.41) is 8.53. The monoisotopic (exact) mass is 449 g/mol. The third-order valence-corrected chi connectivity index (χ3v) is 4.94. The van der Waals surface area contributed by atoms with Gasteiger partial charge in [0, 0.05) is 19.5 Å². The number of amides is 2. The fourth-order valence-corrected chi connectivity index (χ4v) is 3.23. The average molecular weight is 450 g/mol. The van der Waals surface area contributed by atoms with Crippen LogP contribution in [0.5, 0.6) is 11.5 Å². The van der Waals surface area contributed by atoms with Gasteiger partial charge in [-0.1, -0.05) is 24.3 Å². The van der Waals surface area contributed by atoms with Crippen molar-refractivity contribution in [2.75, 3.05) is 26.3 Å². The Morgan fingerprint density at radius 2 is 1.58 bits per heavy atom. The number of morpholine rings is 1. The van der Waals surface area contributed by atoms with Crippen molar-refractivity contribution in [3.8, 4) is 11.5 Å². The Bertz CT molecular complexity index is 839. The molecule has 0 aromatic heterocycles. The molecule has 2 amide bonds. The minimum Gasteiger partial charge on any atom is -0.457 e. The van der Waals surface area contributed by atoms with Crippen LogP contribution in [0.15, 0.2) is 48.5 Å². The van der Waals surface area contributed by atoms with Gasteiger partial charge in [-0.2, -0.15) is 0 Å². The first-order valence-corrected chi connectivity index (χ1v) is 9.96. The van der Waals surface area contributed by atoms with Crippen molar-refractivity contribution >= 4 is 24.2 Å². The molecule has 0 saturated carbocycles. The van der Waals surface area contributed by atoms with E-state index >= 15 is 0 Å². The fourth-order valence-electron chi connectivity index (χ4n) is 3.23. The summed E-state index contributed by atoms with van der Waals surface area (Å²) in [4.78, 5) is 25.3. The van der Waals surface area contributed by atoms with Crippen molar-refractivity contribution in [2.45, 2.75) is 25.3 Å². The largest absolute Gasteiger partial charge is 0.457 e. The van der Waals surface area contributed by atoms with Gasteiger partial charge < -0.3 is 20.1 Å². The number of nitrogens with one attached hydrogen (secondary N) is 1. The van der Waals surface area contributed by atoms with Crippen molar-refractivity contribution in [3.05, 3.63) is 59.7 Å². The van der Waals surface area contributed by atoms with Gasteiger partial charge in [-0.3, -0.25) is 14.8 Å². The lowest BCUT2D eigenvalue weighted by atomic mass is 10.1. The number of hydrogen-bond donors (Lipinski definition) is 3. The molecular weight excluding hydrogens is 422 g/mol. The number of ether oxygens (including phenoxy) is 2. The Morgan fingerprint density at radius 3 is 2.13 bits per heavy atom. The zero-order chi connectivity index (χ0) is 21.3. The highest BCUT2D eigenvalue weighted by Gasteiger charge is 2.22. The molecule has 2 aromatic rings. The summed E-state index contributed by atoms with van der Waals surface area (Å²) < 4.78 is 11.1. The number of carbonyl (C=O) groups is 2. The number of nitrogens with two attached hydrogens (primary N) is 1. The van der Waals surface area contributed by atoms with Crippen LogP contribution in [-0.4, -0.2) is 54.3 Å². The predicted octanol–water partition coefficient (Wildman–Crippen LogP) is 2.07. The summed E-state index contributed by atoms with van der Waals surface area (Å²) in [6.45, 7) is 2.30. The summed E-state index contributed by atoms with van der Waals surface area (Å²) in [6.07, 6.45) is 1.21. The van der Waals surface area contributed by atoms with Crippen molar-refractivity contribution in [1.29, 1.82) is 0 Å². The van der Waals surface area contributed by atoms with Gasteiger partial charge in [0.25, 0.3) is 0 Å². The van der Waals surface area contributed by atoms with Crippen molar-refractivity contribution in [2.24, 2.45) is 5.73 Å². The molecule has 2 aromatic carbocycles. The summed E-state index contributed by atoms with van der Waals surface area (Å²) in [7, 11) is 0. The number of aryl methyl sites for hydroxylation is 1. The third kappa shape index (κ3) is 7.52. The molecule has 0 spiro atoms. The molecule has 9 heteroatoms. The zero-order valence-electron chi connectivity index (χ0n) is 17.2. The number of benzene rings is 2. The molecule has 3 rings (SSSR count). The van der Waals surface area contributed by atoms with E-state index in [1.807, 2.05) is 48.5 Å². The number of hydrogen-bond acceptors (Lipinski definition) is 6. The van der Waals surface area contributed by atoms with Gasteiger partial charge in [-0.05, 0) is 48.2 Å². The Balaban J connectivity index is 0.00000341. The van der Waals surface area contributed by atoms with E-state index in [1.165, 1.54) is 0 Å². The van der Waals surface area contributed by atoms with E-state index < -0.39 is 11.9 Å². The normalized spacial score (nSPS) is 14.3. The summed E-state index contributed by atoms with van der Waals surface area (Å²) >= 11 is 0. The summed E-state index contributed by atoms with van der Waals surface area (Å²) in [5.74, 6) is 0.897. The number of carbonyl (C=O) groups excluding carboxylic acids is 2. The van der Waals surface area contributed by atoms with Crippen LogP contribution in [0, 0.1) is 0 Å². The molecular formula is C22H28ClN3O5. The third-order valence-electron chi connectivity index (χ3n) is 4.94. The Morgan fingerprint density at radius 1 is 1.03 bits per heavy atom. The van der Waals surface area contributed by atoms with Crippen LogP contribution in [-0.2, 0) is 27.2 Å². The zero-order valence-corrected chi connectivity index (χ0v) is 18.0. The number of rotatable bonds is 8. The molecule has 8 nitrogen and oxygen atoms in total. The van der Waals surface area contributed by atoms with Gasteiger partial charge in [0.05, 0.1) is 19.3 Å². The lowest BCUT2D eigenvalue weighted by molar-refractivity contribution is -0.136. The number of hydroxylamine groups is 1. The predicted molar refractivity (Wildman–Crippen MR) is 118 cm³/mol. The van der Waals surface area contributed by atoms with Crippen LogP contribution in [0.3, 0.4) is 0 Å². The maximum absolute atomic E-state index is 12.4. The lowest BCUT2D eigenvalue weighted by Crippen LogP contribution is -2.49. The molecule has 1 aliphatic rings. The van der Waals surface area contributed by atoms with Crippen LogP contribution in [0.25, 0.3) is 0 Å².